The van der Waals surface area contributed by atoms with Gasteiger partial charge in [-0.05, 0) is 27.7 Å². The lowest BCUT2D eigenvalue weighted by Gasteiger charge is -2.20. The number of carbonyl (C=O) groups excluding carboxylic acids is 1. The predicted molar refractivity (Wildman–Crippen MR) is 56.9 cm³/mol. The molecule has 13 heavy (non-hydrogen) atoms. The van der Waals surface area contributed by atoms with Crippen LogP contribution >= 0.6 is 0 Å². The summed E-state index contributed by atoms with van der Waals surface area (Å²) in [5.41, 5.74) is 0. The van der Waals surface area contributed by atoms with Crippen LogP contribution in [-0.2, 0) is 14.3 Å². The van der Waals surface area contributed by atoms with Crippen LogP contribution in [0.15, 0.2) is 0 Å². The first kappa shape index (κ1) is 15.6. The first-order valence-corrected chi connectivity index (χ1v) is 4.30. The molecule has 0 N–H and O–H groups in total. The highest BCUT2D eigenvalue weighted by atomic mass is 27.0. The molecule has 0 aliphatic heterocycles. The van der Waals surface area contributed by atoms with Crippen LogP contribution in [0.4, 0.5) is 0 Å². The Morgan fingerprint density at radius 2 is 1.46 bits per heavy atom. The maximum Gasteiger partial charge on any atom is 0.187 e. The maximum absolute atomic E-state index is 10.2. The highest BCUT2D eigenvalue weighted by Crippen LogP contribution is 2.06. The summed E-state index contributed by atoms with van der Waals surface area (Å²) in [4.78, 5) is 10.2. The van der Waals surface area contributed by atoms with E-state index < -0.39 is 0 Å². The van der Waals surface area contributed by atoms with E-state index >= 15 is 0 Å². The third-order valence-electron chi connectivity index (χ3n) is 1.14. The van der Waals surface area contributed by atoms with Gasteiger partial charge < -0.3 is 14.3 Å². The Balaban J connectivity index is 0. The van der Waals surface area contributed by atoms with Gasteiger partial charge in [-0.25, -0.2) is 0 Å². The average molecular weight is 204 g/mol. The molecule has 0 aliphatic rings. The van der Waals surface area contributed by atoms with Crippen LogP contribution in [-0.4, -0.2) is 42.1 Å². The molecule has 3 nitrogen and oxygen atoms in total. The van der Waals surface area contributed by atoms with Crippen molar-refractivity contribution >= 4 is 23.6 Å². The summed E-state index contributed by atoms with van der Waals surface area (Å²) >= 11 is 0. The Labute approximate surface area is 90.9 Å². The third-order valence-corrected chi connectivity index (χ3v) is 1.14. The fourth-order valence-electron chi connectivity index (χ4n) is 0.829. The van der Waals surface area contributed by atoms with E-state index in [-0.39, 0.29) is 35.9 Å². The van der Waals surface area contributed by atoms with Gasteiger partial charge in [0.2, 0.25) is 0 Å². The van der Waals surface area contributed by atoms with E-state index in [0.717, 1.165) is 6.29 Å². The van der Waals surface area contributed by atoms with Crippen LogP contribution in [0.1, 0.15) is 34.1 Å². The van der Waals surface area contributed by atoms with E-state index in [1.807, 2.05) is 27.7 Å². The summed E-state index contributed by atoms with van der Waals surface area (Å²) in [7, 11) is 0. The zero-order valence-electron chi connectivity index (χ0n) is 8.24. The molecule has 0 spiro atoms. The van der Waals surface area contributed by atoms with E-state index in [1.54, 1.807) is 0 Å². The standard InChI is InChI=1S/C9H18O3.Al.3H/c1-7(2)11-9(5-6-10)12-8(3)4;;;;/h6-9H,5H2,1-4H3;;;;. The molecule has 0 aliphatic carbocycles. The van der Waals surface area contributed by atoms with Crippen molar-refractivity contribution in [3.63, 3.8) is 0 Å². The molecular weight excluding hydrogens is 183 g/mol. The molecule has 0 amide bonds. The SMILES string of the molecule is CC(C)OC(CC=O)OC(C)C.[AlH3]. The van der Waals surface area contributed by atoms with E-state index in [9.17, 15) is 4.79 Å². The van der Waals surface area contributed by atoms with E-state index in [2.05, 4.69) is 0 Å². The lowest BCUT2D eigenvalue weighted by Crippen LogP contribution is -2.24. The average Bonchev–Trinajstić information content (AvgIpc) is 1.84. The van der Waals surface area contributed by atoms with Gasteiger partial charge in [0.1, 0.15) is 6.29 Å². The molecule has 0 bridgehead atoms. The molecule has 4 heteroatoms. The molecule has 0 fully saturated rings. The fourth-order valence-corrected chi connectivity index (χ4v) is 0.829. The minimum atomic E-state index is -0.387. The molecule has 0 aromatic carbocycles. The van der Waals surface area contributed by atoms with Crippen LogP contribution in [0.5, 0.6) is 0 Å². The minimum absolute atomic E-state index is 0. The van der Waals surface area contributed by atoms with Gasteiger partial charge in [0.05, 0.1) is 18.6 Å². The zero-order valence-corrected chi connectivity index (χ0v) is 8.24. The molecule has 0 saturated heterocycles. The second-order valence-corrected chi connectivity index (χ2v) is 3.20. The van der Waals surface area contributed by atoms with E-state index in [1.165, 1.54) is 0 Å². The number of hydrogen-bond acceptors (Lipinski definition) is 3. The summed E-state index contributed by atoms with van der Waals surface area (Å²) < 4.78 is 10.7. The van der Waals surface area contributed by atoms with Gasteiger partial charge in [-0.15, -0.1) is 0 Å². The molecule has 0 unspecified atom stereocenters. The molecule has 78 valence electrons. The number of aldehydes is 1. The van der Waals surface area contributed by atoms with Gasteiger partial charge in [-0.1, -0.05) is 0 Å². The van der Waals surface area contributed by atoms with Crippen molar-refractivity contribution in [3.8, 4) is 0 Å². The molecular formula is C9H21AlO3. The first-order chi connectivity index (χ1) is 5.56. The first-order valence-electron chi connectivity index (χ1n) is 4.30. The Morgan fingerprint density at radius 3 is 1.69 bits per heavy atom. The second kappa shape index (κ2) is 8.71. The molecule has 0 rings (SSSR count). The summed E-state index contributed by atoms with van der Waals surface area (Å²) in [6.07, 6.45) is 0.913. The van der Waals surface area contributed by atoms with Gasteiger partial charge >= 0.3 is 0 Å². The number of ether oxygens (including phenoxy) is 2. The van der Waals surface area contributed by atoms with Crippen molar-refractivity contribution in [2.45, 2.75) is 52.6 Å². The molecule has 0 aromatic rings. The van der Waals surface area contributed by atoms with E-state index in [4.69, 9.17) is 9.47 Å². The maximum atomic E-state index is 10.2. The fraction of sp³-hybridized carbons (Fsp3) is 0.889. The van der Waals surface area contributed by atoms with Crippen LogP contribution in [0.25, 0.3) is 0 Å². The lowest BCUT2D eigenvalue weighted by molar-refractivity contribution is -0.182. The molecule has 0 atom stereocenters. The van der Waals surface area contributed by atoms with Gasteiger partial charge in [-0.3, -0.25) is 0 Å². The summed E-state index contributed by atoms with van der Waals surface area (Å²) in [6.45, 7) is 7.67. The molecule has 0 heterocycles. The highest BCUT2D eigenvalue weighted by Gasteiger charge is 2.12. The van der Waals surface area contributed by atoms with Gasteiger partial charge in [-0.2, -0.15) is 0 Å². The van der Waals surface area contributed by atoms with Crippen molar-refractivity contribution in [1.82, 2.24) is 0 Å². The third kappa shape index (κ3) is 10.0. The lowest BCUT2D eigenvalue weighted by atomic mass is 10.4. The number of carbonyl (C=O) groups is 1. The van der Waals surface area contributed by atoms with Gasteiger partial charge in [0.15, 0.2) is 23.7 Å². The smallest absolute Gasteiger partial charge is 0.187 e. The predicted octanol–water partition coefficient (Wildman–Crippen LogP) is 0.568. The Bertz CT molecular complexity index is 116. The summed E-state index contributed by atoms with van der Waals surface area (Å²) in [5, 5.41) is 0. The normalized spacial score (nSPS) is 10.7. The quantitative estimate of drug-likeness (QED) is 0.360. The number of hydrogen-bond donors (Lipinski definition) is 0. The van der Waals surface area contributed by atoms with E-state index in [0.29, 0.717) is 6.42 Å². The Morgan fingerprint density at radius 1 is 1.08 bits per heavy atom. The van der Waals surface area contributed by atoms with Crippen molar-refractivity contribution in [1.29, 1.82) is 0 Å². The topological polar surface area (TPSA) is 35.5 Å². The van der Waals surface area contributed by atoms with Gasteiger partial charge in [0.25, 0.3) is 0 Å². The van der Waals surface area contributed by atoms with Crippen molar-refractivity contribution in [2.75, 3.05) is 0 Å². The van der Waals surface area contributed by atoms with Gasteiger partial charge in [0, 0.05) is 0 Å². The Hall–Kier alpha value is 0.122. The molecule has 0 saturated carbocycles. The summed E-state index contributed by atoms with van der Waals surface area (Å²) in [6, 6.07) is 0. The van der Waals surface area contributed by atoms with Crippen LogP contribution < -0.4 is 0 Å². The highest BCUT2D eigenvalue weighted by molar-refractivity contribution is 5.75. The largest absolute Gasteiger partial charge is 0.350 e. The molecule has 0 radical (unpaired) electrons. The van der Waals surface area contributed by atoms with Crippen molar-refractivity contribution in [3.05, 3.63) is 0 Å². The zero-order chi connectivity index (χ0) is 9.56. The van der Waals surface area contributed by atoms with Crippen LogP contribution in [0.2, 0.25) is 0 Å². The van der Waals surface area contributed by atoms with Crippen LogP contribution in [0, 0.1) is 0 Å². The van der Waals surface area contributed by atoms with Crippen molar-refractivity contribution in [2.24, 2.45) is 0 Å². The van der Waals surface area contributed by atoms with Crippen LogP contribution in [0.3, 0.4) is 0 Å². The molecule has 0 aromatic heterocycles. The second-order valence-electron chi connectivity index (χ2n) is 3.20. The number of rotatable bonds is 6. The monoisotopic (exact) mass is 204 g/mol. The minimum Gasteiger partial charge on any atom is -0.350 e. The summed E-state index contributed by atoms with van der Waals surface area (Å²) in [5.74, 6) is 0. The van der Waals surface area contributed by atoms with Crippen molar-refractivity contribution < 1.29 is 14.3 Å². The Kier molecular flexibility index (Phi) is 10.4.